The molecule has 1 aromatic heterocycles. The Balaban J connectivity index is 1.32. The summed E-state index contributed by atoms with van der Waals surface area (Å²) in [5.74, 6) is 1.77. The van der Waals surface area contributed by atoms with Crippen LogP contribution in [0.15, 0.2) is 47.6 Å². The number of anilines is 1. The molecule has 2 aliphatic heterocycles. The van der Waals surface area contributed by atoms with E-state index in [0.717, 1.165) is 5.69 Å². The number of nitrogens with one attached hydrogen (secondary N) is 2. The fourth-order valence-corrected chi connectivity index (χ4v) is 3.57. The SMILES string of the molecule is COc1ccc(NC(=O)CN2CCC3(CC2)N=C(c2ccccn2)NO3)c(OC)c1. The van der Waals surface area contributed by atoms with Crippen LogP contribution >= 0.6 is 0 Å². The minimum atomic E-state index is -0.598. The molecule has 2 aromatic rings. The monoisotopic (exact) mass is 411 g/mol. The van der Waals surface area contributed by atoms with E-state index < -0.39 is 5.72 Å². The molecule has 0 radical (unpaired) electrons. The Hall–Kier alpha value is -3.17. The number of ether oxygens (including phenoxy) is 2. The number of hydrogen-bond acceptors (Lipinski definition) is 8. The van der Waals surface area contributed by atoms with E-state index in [2.05, 4.69) is 20.7 Å². The summed E-state index contributed by atoms with van der Waals surface area (Å²) in [7, 11) is 3.15. The van der Waals surface area contributed by atoms with E-state index in [4.69, 9.17) is 19.3 Å². The van der Waals surface area contributed by atoms with Gasteiger partial charge < -0.3 is 14.8 Å². The number of carbonyl (C=O) groups is 1. The molecule has 1 spiro atoms. The lowest BCUT2D eigenvalue weighted by molar-refractivity contribution is -0.120. The first-order valence-electron chi connectivity index (χ1n) is 9.80. The number of aromatic nitrogens is 1. The van der Waals surface area contributed by atoms with E-state index in [0.29, 0.717) is 49.0 Å². The average molecular weight is 411 g/mol. The number of nitrogens with zero attached hydrogens (tertiary/aromatic N) is 3. The third kappa shape index (κ3) is 4.37. The maximum absolute atomic E-state index is 12.5. The second-order valence-corrected chi connectivity index (χ2v) is 7.22. The Kier molecular flexibility index (Phi) is 5.82. The summed E-state index contributed by atoms with van der Waals surface area (Å²) in [5.41, 5.74) is 3.68. The number of aliphatic imine (C=N–C) groups is 1. The van der Waals surface area contributed by atoms with Crippen LogP contribution in [0.25, 0.3) is 0 Å². The summed E-state index contributed by atoms with van der Waals surface area (Å²) in [6, 6.07) is 11.0. The van der Waals surface area contributed by atoms with Gasteiger partial charge in [-0.1, -0.05) is 6.07 Å². The number of rotatable bonds is 6. The highest BCUT2D eigenvalue weighted by Crippen LogP contribution is 2.31. The van der Waals surface area contributed by atoms with Crippen molar-refractivity contribution in [3.63, 3.8) is 0 Å². The van der Waals surface area contributed by atoms with Crippen molar-refractivity contribution in [2.45, 2.75) is 18.6 Å². The van der Waals surface area contributed by atoms with Gasteiger partial charge in [0.25, 0.3) is 0 Å². The zero-order valence-electron chi connectivity index (χ0n) is 17.1. The van der Waals surface area contributed by atoms with Crippen molar-refractivity contribution in [3.8, 4) is 11.5 Å². The van der Waals surface area contributed by atoms with E-state index in [1.165, 1.54) is 0 Å². The number of hydroxylamine groups is 1. The number of pyridine rings is 1. The van der Waals surface area contributed by atoms with Gasteiger partial charge in [0.1, 0.15) is 17.2 Å². The molecule has 9 nitrogen and oxygen atoms in total. The van der Waals surface area contributed by atoms with Crippen LogP contribution in [0.1, 0.15) is 18.5 Å². The van der Waals surface area contributed by atoms with Crippen LogP contribution in [-0.4, -0.2) is 61.2 Å². The normalized spacial score (nSPS) is 17.9. The van der Waals surface area contributed by atoms with Crippen LogP contribution in [0.5, 0.6) is 11.5 Å². The molecule has 3 heterocycles. The number of benzene rings is 1. The lowest BCUT2D eigenvalue weighted by atomic mass is 10.0. The largest absolute Gasteiger partial charge is 0.497 e. The second kappa shape index (κ2) is 8.68. The van der Waals surface area contributed by atoms with Gasteiger partial charge >= 0.3 is 0 Å². The summed E-state index contributed by atoms with van der Waals surface area (Å²) < 4.78 is 10.5. The van der Waals surface area contributed by atoms with Crippen molar-refractivity contribution in [1.29, 1.82) is 0 Å². The van der Waals surface area contributed by atoms with E-state index in [1.54, 1.807) is 38.6 Å². The van der Waals surface area contributed by atoms with E-state index in [9.17, 15) is 4.79 Å². The quantitative estimate of drug-likeness (QED) is 0.748. The van der Waals surface area contributed by atoms with E-state index in [-0.39, 0.29) is 12.5 Å². The van der Waals surface area contributed by atoms with Crippen LogP contribution < -0.4 is 20.3 Å². The number of methoxy groups -OCH3 is 2. The molecule has 158 valence electrons. The first-order chi connectivity index (χ1) is 14.6. The predicted molar refractivity (Wildman–Crippen MR) is 112 cm³/mol. The minimum Gasteiger partial charge on any atom is -0.497 e. The summed E-state index contributed by atoms with van der Waals surface area (Å²) in [4.78, 5) is 29.5. The topological polar surface area (TPSA) is 97.3 Å². The molecule has 4 rings (SSSR count). The highest BCUT2D eigenvalue weighted by Gasteiger charge is 2.40. The standard InChI is InChI=1S/C21H25N5O4/c1-28-15-6-7-16(18(13-15)29-2)23-19(27)14-26-11-8-21(9-12-26)24-20(25-30-21)17-5-3-4-10-22-17/h3-7,10,13H,8-9,11-12,14H2,1-2H3,(H,23,27)(H,24,25). The molecule has 2 aliphatic rings. The molecule has 1 fully saturated rings. The number of piperidine rings is 1. The summed E-state index contributed by atoms with van der Waals surface area (Å²) >= 11 is 0. The minimum absolute atomic E-state index is 0.0995. The van der Waals surface area contributed by atoms with Gasteiger partial charge in [0.15, 0.2) is 11.6 Å². The fourth-order valence-electron chi connectivity index (χ4n) is 3.57. The van der Waals surface area contributed by atoms with Gasteiger partial charge in [0.05, 0.1) is 26.5 Å². The van der Waals surface area contributed by atoms with Gasteiger partial charge in [-0.2, -0.15) is 0 Å². The Bertz CT molecular complexity index is 926. The second-order valence-electron chi connectivity index (χ2n) is 7.22. The van der Waals surface area contributed by atoms with Crippen molar-refractivity contribution >= 4 is 17.4 Å². The van der Waals surface area contributed by atoms with E-state index >= 15 is 0 Å². The molecular formula is C21H25N5O4. The predicted octanol–water partition coefficient (Wildman–Crippen LogP) is 1.81. The first-order valence-corrected chi connectivity index (χ1v) is 9.80. The van der Waals surface area contributed by atoms with Gasteiger partial charge in [-0.3, -0.25) is 14.7 Å². The lowest BCUT2D eigenvalue weighted by Gasteiger charge is -2.35. The first kappa shape index (κ1) is 20.1. The molecule has 30 heavy (non-hydrogen) atoms. The van der Waals surface area contributed by atoms with E-state index in [1.807, 2.05) is 18.2 Å². The van der Waals surface area contributed by atoms with Crippen molar-refractivity contribution in [1.82, 2.24) is 15.4 Å². The lowest BCUT2D eigenvalue weighted by Crippen LogP contribution is -2.46. The molecule has 2 N–H and O–H groups in total. The van der Waals surface area contributed by atoms with Crippen LogP contribution in [0.2, 0.25) is 0 Å². The summed E-state index contributed by atoms with van der Waals surface area (Å²) in [6.45, 7) is 1.69. The molecule has 9 heteroatoms. The molecule has 0 saturated carbocycles. The zero-order valence-corrected chi connectivity index (χ0v) is 17.1. The van der Waals surface area contributed by atoms with Gasteiger partial charge in [-0.15, -0.1) is 0 Å². The average Bonchev–Trinajstić information content (AvgIpc) is 3.20. The van der Waals surface area contributed by atoms with Crippen molar-refractivity contribution in [3.05, 3.63) is 48.3 Å². The molecule has 1 saturated heterocycles. The van der Waals surface area contributed by atoms with Crippen molar-refractivity contribution < 1.29 is 19.1 Å². The maximum Gasteiger partial charge on any atom is 0.238 e. The molecule has 1 amide bonds. The molecule has 0 bridgehead atoms. The number of amidine groups is 1. The third-order valence-corrected chi connectivity index (χ3v) is 5.25. The smallest absolute Gasteiger partial charge is 0.238 e. The molecule has 0 atom stereocenters. The Morgan fingerprint density at radius 1 is 1.23 bits per heavy atom. The molecule has 1 aromatic carbocycles. The highest BCUT2D eigenvalue weighted by molar-refractivity contribution is 5.97. The van der Waals surface area contributed by atoms with Crippen molar-refractivity contribution in [2.75, 3.05) is 39.2 Å². The van der Waals surface area contributed by atoms with Crippen LogP contribution in [-0.2, 0) is 9.63 Å². The van der Waals surface area contributed by atoms with Gasteiger partial charge in [-0.05, 0) is 24.3 Å². The van der Waals surface area contributed by atoms with Gasteiger partial charge in [0.2, 0.25) is 5.91 Å². The third-order valence-electron chi connectivity index (χ3n) is 5.25. The Morgan fingerprint density at radius 3 is 2.77 bits per heavy atom. The van der Waals surface area contributed by atoms with Crippen LogP contribution in [0, 0.1) is 0 Å². The Labute approximate surface area is 175 Å². The highest BCUT2D eigenvalue weighted by atomic mass is 16.7. The summed E-state index contributed by atoms with van der Waals surface area (Å²) in [5, 5.41) is 2.91. The molecule has 0 unspecified atom stereocenters. The number of amides is 1. The van der Waals surface area contributed by atoms with Crippen molar-refractivity contribution in [2.24, 2.45) is 4.99 Å². The Morgan fingerprint density at radius 2 is 2.07 bits per heavy atom. The van der Waals surface area contributed by atoms with Gasteiger partial charge in [-0.25, -0.2) is 15.3 Å². The number of carbonyl (C=O) groups excluding carboxylic acids is 1. The number of hydrogen-bond donors (Lipinski definition) is 2. The fraction of sp³-hybridized carbons (Fsp3) is 0.381. The molecule has 0 aliphatic carbocycles. The zero-order chi connectivity index (χ0) is 21.0. The van der Waals surface area contributed by atoms with Crippen LogP contribution in [0.4, 0.5) is 5.69 Å². The maximum atomic E-state index is 12.5. The number of likely N-dealkylation sites (tertiary alicyclic amines) is 1. The van der Waals surface area contributed by atoms with Crippen LogP contribution in [0.3, 0.4) is 0 Å². The molecular weight excluding hydrogens is 386 g/mol. The summed E-state index contributed by atoms with van der Waals surface area (Å²) in [6.07, 6.45) is 3.11. The van der Waals surface area contributed by atoms with Gasteiger partial charge in [0, 0.05) is 38.2 Å².